The summed E-state index contributed by atoms with van der Waals surface area (Å²) in [5, 5.41) is 5.94. The number of ketones is 1. The van der Waals surface area contributed by atoms with Gasteiger partial charge in [-0.25, -0.2) is 9.11 Å². The Morgan fingerprint density at radius 1 is 1.11 bits per heavy atom. The lowest BCUT2D eigenvalue weighted by Gasteiger charge is -2.21. The Bertz CT molecular complexity index is 1460. The van der Waals surface area contributed by atoms with Crippen LogP contribution in [0.3, 0.4) is 0 Å². The van der Waals surface area contributed by atoms with E-state index in [0.29, 0.717) is 11.3 Å². The number of pyridine rings is 1. The molecule has 3 aromatic rings. The van der Waals surface area contributed by atoms with Gasteiger partial charge in [0.2, 0.25) is 0 Å². The summed E-state index contributed by atoms with van der Waals surface area (Å²) in [5.74, 6) is -1.67. The molecule has 0 spiro atoms. The third-order valence-corrected chi connectivity index (χ3v) is 7.01. The van der Waals surface area contributed by atoms with E-state index in [0.717, 1.165) is 12.8 Å². The first-order valence-electron chi connectivity index (χ1n) is 11.6. The molecule has 2 aromatic carbocycles. The Morgan fingerprint density at radius 2 is 1.84 bits per heavy atom. The first-order valence-corrected chi connectivity index (χ1v) is 12.8. The van der Waals surface area contributed by atoms with Crippen LogP contribution in [0.2, 0.25) is 5.02 Å². The summed E-state index contributed by atoms with van der Waals surface area (Å²) in [4.78, 5) is 40.8. The number of nitrogens with one attached hydrogen (secondary N) is 4. The number of nitrogens with zero attached hydrogens (tertiary/aromatic N) is 1. The maximum atomic E-state index is 14.8. The van der Waals surface area contributed by atoms with Crippen molar-refractivity contribution in [1.82, 2.24) is 14.6 Å². The Hall–Kier alpha value is -3.34. The molecule has 1 saturated carbocycles. The van der Waals surface area contributed by atoms with Crippen molar-refractivity contribution in [3.8, 4) is 0 Å². The second-order valence-corrected chi connectivity index (χ2v) is 10.0. The highest BCUT2D eigenvalue weighted by Gasteiger charge is 2.32. The molecule has 0 aliphatic heterocycles. The zero-order valence-electron chi connectivity index (χ0n) is 20.8. The number of carbonyl (C=O) groups is 2. The van der Waals surface area contributed by atoms with E-state index in [1.54, 1.807) is 32.2 Å². The van der Waals surface area contributed by atoms with Crippen LogP contribution < -0.4 is 25.6 Å². The van der Waals surface area contributed by atoms with Gasteiger partial charge in [0.05, 0.1) is 22.0 Å². The molecule has 37 heavy (non-hydrogen) atoms. The van der Waals surface area contributed by atoms with Gasteiger partial charge in [-0.3, -0.25) is 19.0 Å². The van der Waals surface area contributed by atoms with Gasteiger partial charge in [-0.05, 0) is 63.6 Å². The van der Waals surface area contributed by atoms with Gasteiger partial charge in [-0.15, -0.1) is 0 Å². The fraction of sp³-hybridized carbons (Fsp3) is 0.269. The van der Waals surface area contributed by atoms with Crippen LogP contribution in [0.4, 0.5) is 21.6 Å². The Kier molecular flexibility index (Phi) is 7.91. The van der Waals surface area contributed by atoms with Crippen LogP contribution in [0.1, 0.15) is 50.2 Å². The van der Waals surface area contributed by atoms with E-state index < -0.39 is 23.1 Å². The highest BCUT2D eigenvalue weighted by molar-refractivity contribution is 7.98. The molecule has 11 heteroatoms. The normalized spacial score (nSPS) is 12.8. The molecule has 1 aromatic heterocycles. The molecule has 1 aliphatic carbocycles. The summed E-state index contributed by atoms with van der Waals surface area (Å²) in [5.41, 5.74) is 0.830. The zero-order chi connectivity index (χ0) is 26.9. The standard InChI is InChI=1S/C26H27ClFN5O3S/c1-13-8-11-18(17(28)12-13)31-24-21(25(35)30-15-9-10-15)20(14(2)26(36)33(24)4)23(34)16-6-5-7-19(22(16)27)32-37-29-3/h5-8,11-12,15,29,31-32H,9-10H2,1-4H3,(H,30,35). The Morgan fingerprint density at radius 3 is 2.49 bits per heavy atom. The third-order valence-electron chi connectivity index (χ3n) is 6.07. The smallest absolute Gasteiger partial charge is 0.255 e. The van der Waals surface area contributed by atoms with Crippen LogP contribution in [0.25, 0.3) is 0 Å². The molecule has 0 radical (unpaired) electrons. The maximum absolute atomic E-state index is 14.8. The largest absolute Gasteiger partial charge is 0.349 e. The lowest BCUT2D eigenvalue weighted by molar-refractivity contribution is 0.0939. The van der Waals surface area contributed by atoms with Gasteiger partial charge < -0.3 is 15.4 Å². The second kappa shape index (κ2) is 11.0. The average Bonchev–Trinajstić information content (AvgIpc) is 3.68. The van der Waals surface area contributed by atoms with Gasteiger partial charge in [0.25, 0.3) is 11.5 Å². The molecule has 1 heterocycles. The van der Waals surface area contributed by atoms with E-state index >= 15 is 0 Å². The minimum absolute atomic E-state index is 0.0102. The lowest BCUT2D eigenvalue weighted by atomic mass is 9.94. The van der Waals surface area contributed by atoms with Crippen molar-refractivity contribution in [2.75, 3.05) is 17.1 Å². The van der Waals surface area contributed by atoms with Crippen LogP contribution in [0.5, 0.6) is 0 Å². The molecule has 1 fully saturated rings. The van der Waals surface area contributed by atoms with Crippen LogP contribution in [-0.4, -0.2) is 29.3 Å². The summed E-state index contributed by atoms with van der Waals surface area (Å²) >= 11 is 7.74. The summed E-state index contributed by atoms with van der Waals surface area (Å²) in [6.07, 6.45) is 1.63. The van der Waals surface area contributed by atoms with E-state index in [2.05, 4.69) is 20.1 Å². The van der Waals surface area contributed by atoms with E-state index in [9.17, 15) is 18.8 Å². The van der Waals surface area contributed by atoms with Crippen molar-refractivity contribution < 1.29 is 14.0 Å². The predicted octanol–water partition coefficient (Wildman–Crippen LogP) is 4.86. The molecule has 1 aliphatic rings. The molecule has 4 rings (SSSR count). The highest BCUT2D eigenvalue weighted by Crippen LogP contribution is 2.33. The van der Waals surface area contributed by atoms with Crippen molar-refractivity contribution in [3.05, 3.63) is 85.4 Å². The van der Waals surface area contributed by atoms with Crippen LogP contribution in [0.15, 0.2) is 41.2 Å². The molecule has 194 valence electrons. The van der Waals surface area contributed by atoms with Gasteiger partial charge in [0, 0.05) is 41.9 Å². The van der Waals surface area contributed by atoms with Gasteiger partial charge in [-0.1, -0.05) is 23.7 Å². The average molecular weight is 544 g/mol. The number of anilines is 3. The quantitative estimate of drug-likeness (QED) is 0.226. The summed E-state index contributed by atoms with van der Waals surface area (Å²) in [6.45, 7) is 3.24. The van der Waals surface area contributed by atoms with Crippen molar-refractivity contribution in [1.29, 1.82) is 0 Å². The number of rotatable bonds is 9. The van der Waals surface area contributed by atoms with Gasteiger partial charge >= 0.3 is 0 Å². The Labute approximate surface area is 223 Å². The number of halogens is 2. The SMILES string of the molecule is CNSNc1cccc(C(=O)c2c(C(=O)NC3CC3)c(Nc3ccc(C)cc3F)n(C)c(=O)c2C)c1Cl. The van der Waals surface area contributed by atoms with Crippen molar-refractivity contribution in [2.24, 2.45) is 7.05 Å². The molecule has 0 bridgehead atoms. The predicted molar refractivity (Wildman–Crippen MR) is 146 cm³/mol. The molecule has 1 amide bonds. The highest BCUT2D eigenvalue weighted by atomic mass is 35.5. The van der Waals surface area contributed by atoms with Gasteiger partial charge in [0.15, 0.2) is 5.78 Å². The first-order chi connectivity index (χ1) is 17.6. The fourth-order valence-corrected chi connectivity index (χ4v) is 4.64. The zero-order valence-corrected chi connectivity index (χ0v) is 22.4. The van der Waals surface area contributed by atoms with Gasteiger partial charge in [0.1, 0.15) is 11.6 Å². The van der Waals surface area contributed by atoms with Crippen LogP contribution in [-0.2, 0) is 7.05 Å². The fourth-order valence-electron chi connectivity index (χ4n) is 3.95. The number of aryl methyl sites for hydroxylation is 1. The van der Waals surface area contributed by atoms with Crippen LogP contribution in [0, 0.1) is 19.7 Å². The monoisotopic (exact) mass is 543 g/mol. The van der Waals surface area contributed by atoms with E-state index in [4.69, 9.17) is 11.6 Å². The number of hydrogen-bond donors (Lipinski definition) is 4. The number of amides is 1. The number of aromatic nitrogens is 1. The van der Waals surface area contributed by atoms with E-state index in [1.807, 2.05) is 0 Å². The molecule has 0 atom stereocenters. The first kappa shape index (κ1) is 26.7. The maximum Gasteiger partial charge on any atom is 0.255 e. The third kappa shape index (κ3) is 5.51. The molecule has 4 N–H and O–H groups in total. The number of benzene rings is 2. The molecule has 0 saturated heterocycles. The van der Waals surface area contributed by atoms with E-state index in [-0.39, 0.29) is 44.8 Å². The van der Waals surface area contributed by atoms with Crippen molar-refractivity contribution in [3.63, 3.8) is 0 Å². The van der Waals surface area contributed by atoms with Gasteiger partial charge in [-0.2, -0.15) is 0 Å². The minimum atomic E-state index is -0.591. The molecule has 8 nitrogen and oxygen atoms in total. The molecule has 0 unspecified atom stereocenters. The Balaban J connectivity index is 1.93. The van der Waals surface area contributed by atoms with Crippen molar-refractivity contribution >= 4 is 52.6 Å². The molecular formula is C26H27ClFN5O3S. The second-order valence-electron chi connectivity index (χ2n) is 8.85. The number of hydrogen-bond acceptors (Lipinski definition) is 7. The topological polar surface area (TPSA) is 104 Å². The summed E-state index contributed by atoms with van der Waals surface area (Å²) < 4.78 is 21.8. The molecular weight excluding hydrogens is 517 g/mol. The summed E-state index contributed by atoms with van der Waals surface area (Å²) in [7, 11) is 3.19. The number of carbonyl (C=O) groups excluding carboxylic acids is 2. The van der Waals surface area contributed by atoms with E-state index in [1.165, 1.54) is 48.9 Å². The lowest BCUT2D eigenvalue weighted by Crippen LogP contribution is -2.34. The summed E-state index contributed by atoms with van der Waals surface area (Å²) in [6, 6.07) is 9.43. The minimum Gasteiger partial charge on any atom is -0.349 e. The van der Waals surface area contributed by atoms with Crippen molar-refractivity contribution in [2.45, 2.75) is 32.7 Å². The van der Waals surface area contributed by atoms with Crippen LogP contribution >= 0.6 is 23.7 Å².